The lowest BCUT2D eigenvalue weighted by atomic mass is 10.0. The maximum absolute atomic E-state index is 12.9. The molecule has 0 saturated carbocycles. The van der Waals surface area contributed by atoms with Crippen molar-refractivity contribution in [2.45, 2.75) is 223 Å². The molecule has 0 bridgehead atoms. The van der Waals surface area contributed by atoms with Gasteiger partial charge in [-0.2, -0.15) is 0 Å². The molecule has 0 atom stereocenters. The summed E-state index contributed by atoms with van der Waals surface area (Å²) in [7, 11) is 0. The highest BCUT2D eigenvalue weighted by molar-refractivity contribution is 8.18. The first-order valence-electron chi connectivity index (χ1n) is 22.0. The van der Waals surface area contributed by atoms with Crippen LogP contribution in [0.25, 0.3) is 0 Å². The highest BCUT2D eigenvalue weighted by Crippen LogP contribution is 2.29. The molecule has 0 aliphatic rings. The van der Waals surface area contributed by atoms with Gasteiger partial charge in [-0.25, -0.2) is 9.59 Å². The lowest BCUT2D eigenvalue weighted by molar-refractivity contribution is -0.142. The van der Waals surface area contributed by atoms with Crippen LogP contribution < -0.4 is 0 Å². The molecule has 0 amide bonds. The third-order valence-electron chi connectivity index (χ3n) is 9.31. The van der Waals surface area contributed by atoms with E-state index in [-0.39, 0.29) is 27.2 Å². The number of aliphatic hydroxyl groups is 1. The van der Waals surface area contributed by atoms with Crippen LogP contribution in [0.3, 0.4) is 0 Å². The predicted octanol–water partition coefficient (Wildman–Crippen LogP) is 14.0. The van der Waals surface area contributed by atoms with E-state index in [4.69, 9.17) is 9.47 Å². The van der Waals surface area contributed by atoms with Gasteiger partial charge in [0, 0.05) is 0 Å². The van der Waals surface area contributed by atoms with Gasteiger partial charge in [0.25, 0.3) is 0 Å². The fourth-order valence-electron chi connectivity index (χ4n) is 5.90. The SMILES string of the molecule is CCCCCCCSC(SCCCCCCC)C(=O)OCCCCCC(O)CCCCCOC(=O)C(SCCCCCCC)SCCCCCCC. The van der Waals surface area contributed by atoms with Crippen LogP contribution in [0, 0.1) is 0 Å². The summed E-state index contributed by atoms with van der Waals surface area (Å²) in [5.41, 5.74) is 0. The van der Waals surface area contributed by atoms with E-state index in [9.17, 15) is 14.7 Å². The van der Waals surface area contributed by atoms with E-state index in [1.807, 2.05) is 0 Å². The van der Waals surface area contributed by atoms with Gasteiger partial charge >= 0.3 is 11.9 Å². The number of ether oxygens (including phenoxy) is 2. The second kappa shape index (κ2) is 42.4. The molecule has 0 saturated heterocycles. The zero-order valence-electron chi connectivity index (χ0n) is 34.5. The third kappa shape index (κ3) is 36.0. The van der Waals surface area contributed by atoms with E-state index in [1.54, 1.807) is 47.0 Å². The summed E-state index contributed by atoms with van der Waals surface area (Å²) < 4.78 is 11.3. The number of carbonyl (C=O) groups is 2. The maximum Gasteiger partial charge on any atom is 0.329 e. The summed E-state index contributed by atoms with van der Waals surface area (Å²) in [6.45, 7) is 9.93. The van der Waals surface area contributed by atoms with E-state index < -0.39 is 0 Å². The smallest absolute Gasteiger partial charge is 0.329 e. The lowest BCUT2D eigenvalue weighted by Gasteiger charge is -2.16. The standard InChI is InChI=1S/C43H84O5S4/c1-5-9-13-17-27-35-49-42(50-36-28-18-14-10-6-2)40(45)47-33-25-21-23-31-39(44)32-24-22-26-34-48-41(46)43(51-37-29-19-15-11-7-3)52-38-30-20-16-12-8-4/h39,42-44H,5-38H2,1-4H3. The van der Waals surface area contributed by atoms with Crippen LogP contribution in [-0.2, 0) is 19.1 Å². The Labute approximate surface area is 340 Å². The molecule has 0 aromatic rings. The second-order valence-electron chi connectivity index (χ2n) is 14.5. The van der Waals surface area contributed by atoms with Gasteiger partial charge in [-0.15, -0.1) is 47.0 Å². The Morgan fingerprint density at radius 1 is 0.404 bits per heavy atom. The van der Waals surface area contributed by atoms with Gasteiger partial charge in [-0.05, 0) is 87.2 Å². The highest BCUT2D eigenvalue weighted by atomic mass is 32.2. The Kier molecular flexibility index (Phi) is 42.7. The highest BCUT2D eigenvalue weighted by Gasteiger charge is 2.22. The van der Waals surface area contributed by atoms with Crippen LogP contribution in [0.2, 0.25) is 0 Å². The molecule has 9 heteroatoms. The number of unbranched alkanes of at least 4 members (excludes halogenated alkanes) is 20. The molecule has 0 rings (SSSR count). The molecule has 0 aliphatic carbocycles. The van der Waals surface area contributed by atoms with Crippen LogP contribution >= 0.6 is 47.0 Å². The quantitative estimate of drug-likeness (QED) is 0.0369. The number of hydrogen-bond acceptors (Lipinski definition) is 9. The molecule has 0 fully saturated rings. The molecule has 0 spiro atoms. The predicted molar refractivity (Wildman–Crippen MR) is 237 cm³/mol. The fraction of sp³-hybridized carbons (Fsp3) is 0.953. The van der Waals surface area contributed by atoms with Crippen molar-refractivity contribution in [1.82, 2.24) is 0 Å². The lowest BCUT2D eigenvalue weighted by Crippen LogP contribution is -2.19. The molecular weight excluding hydrogens is 725 g/mol. The van der Waals surface area contributed by atoms with Gasteiger partial charge in [-0.3, -0.25) is 0 Å². The zero-order chi connectivity index (χ0) is 38.2. The molecular formula is C43H84O5S4. The molecule has 1 N–H and O–H groups in total. The van der Waals surface area contributed by atoms with Crippen molar-refractivity contribution in [3.05, 3.63) is 0 Å². The van der Waals surface area contributed by atoms with Crippen LogP contribution in [-0.4, -0.2) is 68.5 Å². The van der Waals surface area contributed by atoms with Crippen LogP contribution in [0.4, 0.5) is 0 Å². The Bertz CT molecular complexity index is 667. The average Bonchev–Trinajstić information content (AvgIpc) is 3.14. The summed E-state index contributed by atoms with van der Waals surface area (Å²) in [6.07, 6.45) is 32.0. The van der Waals surface area contributed by atoms with Gasteiger partial charge in [-0.1, -0.05) is 143 Å². The topological polar surface area (TPSA) is 72.8 Å². The maximum atomic E-state index is 12.9. The summed E-state index contributed by atoms with van der Waals surface area (Å²) in [6, 6.07) is 0. The first-order chi connectivity index (χ1) is 25.5. The Morgan fingerprint density at radius 2 is 0.673 bits per heavy atom. The number of hydrogen-bond donors (Lipinski definition) is 1. The minimum atomic E-state index is -0.288. The van der Waals surface area contributed by atoms with Crippen molar-refractivity contribution < 1.29 is 24.2 Å². The van der Waals surface area contributed by atoms with E-state index in [2.05, 4.69) is 27.7 Å². The summed E-state index contributed by atoms with van der Waals surface area (Å²) >= 11 is 7.13. The van der Waals surface area contributed by atoms with Gasteiger partial charge in [0.15, 0.2) is 0 Å². The summed E-state index contributed by atoms with van der Waals surface area (Å²) in [4.78, 5) is 25.8. The largest absolute Gasteiger partial charge is 0.464 e. The van der Waals surface area contributed by atoms with E-state index in [1.165, 1.54) is 128 Å². The van der Waals surface area contributed by atoms with Crippen molar-refractivity contribution >= 4 is 59.0 Å². The molecule has 5 nitrogen and oxygen atoms in total. The fourth-order valence-corrected chi connectivity index (χ4v) is 11.0. The van der Waals surface area contributed by atoms with Gasteiger partial charge in [0.05, 0.1) is 19.3 Å². The summed E-state index contributed by atoms with van der Waals surface area (Å²) in [5, 5.41) is 10.5. The minimum Gasteiger partial charge on any atom is -0.464 e. The molecule has 0 radical (unpaired) electrons. The first kappa shape index (κ1) is 52.3. The van der Waals surface area contributed by atoms with E-state index in [0.29, 0.717) is 13.2 Å². The molecule has 0 aromatic carbocycles. The Balaban J connectivity index is 4.17. The Morgan fingerprint density at radius 3 is 0.962 bits per heavy atom. The van der Waals surface area contributed by atoms with Crippen molar-refractivity contribution in [2.24, 2.45) is 0 Å². The number of esters is 2. The normalized spacial score (nSPS) is 11.7. The molecule has 52 heavy (non-hydrogen) atoms. The summed E-state index contributed by atoms with van der Waals surface area (Å²) in [5.74, 6) is 4.04. The van der Waals surface area contributed by atoms with Crippen molar-refractivity contribution in [3.63, 3.8) is 0 Å². The monoisotopic (exact) mass is 809 g/mol. The van der Waals surface area contributed by atoms with Crippen molar-refractivity contribution in [2.75, 3.05) is 36.2 Å². The van der Waals surface area contributed by atoms with Crippen LogP contribution in [0.1, 0.15) is 207 Å². The van der Waals surface area contributed by atoms with Gasteiger partial charge < -0.3 is 14.6 Å². The van der Waals surface area contributed by atoms with Crippen molar-refractivity contribution in [1.29, 1.82) is 0 Å². The Hall–Kier alpha value is 0.300. The number of thioether (sulfide) groups is 4. The molecule has 0 heterocycles. The van der Waals surface area contributed by atoms with E-state index in [0.717, 1.165) is 74.4 Å². The number of rotatable bonds is 42. The molecule has 0 aliphatic heterocycles. The van der Waals surface area contributed by atoms with E-state index >= 15 is 0 Å². The zero-order valence-corrected chi connectivity index (χ0v) is 37.8. The third-order valence-corrected chi connectivity index (χ3v) is 15.0. The number of aliphatic hydroxyl groups excluding tert-OH is 1. The van der Waals surface area contributed by atoms with Crippen LogP contribution in [0.15, 0.2) is 0 Å². The second-order valence-corrected chi connectivity index (χ2v) is 19.9. The average molecular weight is 809 g/mol. The molecule has 0 unspecified atom stereocenters. The first-order valence-corrected chi connectivity index (χ1v) is 26.2. The van der Waals surface area contributed by atoms with Crippen molar-refractivity contribution in [3.8, 4) is 0 Å². The van der Waals surface area contributed by atoms with Gasteiger partial charge in [0.2, 0.25) is 0 Å². The minimum absolute atomic E-state index is 0.0496. The van der Waals surface area contributed by atoms with Gasteiger partial charge in [0.1, 0.15) is 9.16 Å². The molecule has 310 valence electrons. The van der Waals surface area contributed by atoms with Crippen LogP contribution in [0.5, 0.6) is 0 Å². The molecule has 0 aromatic heterocycles. The number of carbonyl (C=O) groups excluding carboxylic acids is 2.